The van der Waals surface area contributed by atoms with E-state index >= 15 is 0 Å². The van der Waals surface area contributed by atoms with E-state index in [0.29, 0.717) is 19.4 Å². The first-order valence-electron chi connectivity index (χ1n) is 5.67. The first-order valence-corrected chi connectivity index (χ1v) is 7.53. The van der Waals surface area contributed by atoms with Crippen LogP contribution < -0.4 is 4.72 Å². The average Bonchev–Trinajstić information content (AvgIpc) is 2.88. The largest absolute Gasteiger partial charge is 0.349 e. The van der Waals surface area contributed by atoms with Crippen molar-refractivity contribution in [3.63, 3.8) is 0 Å². The van der Waals surface area contributed by atoms with Gasteiger partial charge in [0.15, 0.2) is 0 Å². The van der Waals surface area contributed by atoms with Crippen molar-refractivity contribution < 1.29 is 8.42 Å². The summed E-state index contributed by atoms with van der Waals surface area (Å²) < 4.78 is 26.3. The molecule has 2 aromatic heterocycles. The minimum atomic E-state index is -3.52. The summed E-state index contributed by atoms with van der Waals surface area (Å²) in [6, 6.07) is 2.86. The lowest BCUT2D eigenvalue weighted by Crippen LogP contribution is -2.25. The Morgan fingerprint density at radius 1 is 1.32 bits per heavy atom. The van der Waals surface area contributed by atoms with Crippen LogP contribution in [0.4, 0.5) is 0 Å². The van der Waals surface area contributed by atoms with Crippen molar-refractivity contribution in [2.24, 2.45) is 0 Å². The standard InChI is InChI=1S/C11H13ClN4O2S/c12-10-4-3-9(8-15-10)19(17,18)16-5-1-2-11-13-6-7-14-11/h3-4,6-8,16H,1-2,5H2,(H,13,14). The molecule has 6 nitrogen and oxygen atoms in total. The first kappa shape index (κ1) is 14.0. The van der Waals surface area contributed by atoms with E-state index in [0.717, 1.165) is 5.82 Å². The molecule has 0 aliphatic heterocycles. The van der Waals surface area contributed by atoms with Crippen molar-refractivity contribution >= 4 is 21.6 Å². The molecule has 0 aromatic carbocycles. The Hall–Kier alpha value is -1.44. The van der Waals surface area contributed by atoms with Gasteiger partial charge in [-0.05, 0) is 18.6 Å². The molecule has 0 spiro atoms. The number of halogens is 1. The fourth-order valence-corrected chi connectivity index (χ4v) is 2.63. The third kappa shape index (κ3) is 4.02. The molecule has 0 aliphatic carbocycles. The molecule has 0 radical (unpaired) electrons. The van der Waals surface area contributed by atoms with Gasteiger partial charge in [-0.1, -0.05) is 11.6 Å². The zero-order valence-electron chi connectivity index (χ0n) is 10.0. The molecule has 0 amide bonds. The maximum atomic E-state index is 11.9. The van der Waals surface area contributed by atoms with Crippen LogP contribution >= 0.6 is 11.6 Å². The molecule has 2 N–H and O–H groups in total. The zero-order valence-corrected chi connectivity index (χ0v) is 11.6. The molecule has 8 heteroatoms. The predicted octanol–water partition coefficient (Wildman–Crippen LogP) is 1.37. The number of aromatic nitrogens is 3. The van der Waals surface area contributed by atoms with Gasteiger partial charge >= 0.3 is 0 Å². The average molecular weight is 301 g/mol. The number of H-pyrrole nitrogens is 1. The van der Waals surface area contributed by atoms with Crippen molar-refractivity contribution in [1.82, 2.24) is 19.7 Å². The van der Waals surface area contributed by atoms with Gasteiger partial charge in [0.05, 0.1) is 0 Å². The second kappa shape index (κ2) is 6.14. The number of pyridine rings is 1. The number of hydrogen-bond donors (Lipinski definition) is 2. The van der Waals surface area contributed by atoms with Crippen molar-refractivity contribution in [3.8, 4) is 0 Å². The van der Waals surface area contributed by atoms with Crippen LogP contribution in [0.15, 0.2) is 35.6 Å². The molecule has 2 heterocycles. The van der Waals surface area contributed by atoms with Crippen molar-refractivity contribution in [2.45, 2.75) is 17.7 Å². The van der Waals surface area contributed by atoms with Gasteiger partial charge < -0.3 is 4.98 Å². The van der Waals surface area contributed by atoms with Crippen LogP contribution in [0.1, 0.15) is 12.2 Å². The molecule has 19 heavy (non-hydrogen) atoms. The summed E-state index contributed by atoms with van der Waals surface area (Å²) in [5.41, 5.74) is 0. The Balaban J connectivity index is 1.86. The third-order valence-corrected chi connectivity index (χ3v) is 4.12. The minimum absolute atomic E-state index is 0.106. The Labute approximate surface area is 116 Å². The molecule has 0 saturated heterocycles. The van der Waals surface area contributed by atoms with Crippen LogP contribution in [0.5, 0.6) is 0 Å². The summed E-state index contributed by atoms with van der Waals surface area (Å²) in [6.07, 6.45) is 5.98. The molecule has 0 saturated carbocycles. The van der Waals surface area contributed by atoms with Gasteiger partial charge in [-0.3, -0.25) is 0 Å². The van der Waals surface area contributed by atoms with Gasteiger partial charge in [-0.2, -0.15) is 0 Å². The van der Waals surface area contributed by atoms with Crippen LogP contribution in [0.3, 0.4) is 0 Å². The number of nitrogens with one attached hydrogen (secondary N) is 2. The monoisotopic (exact) mass is 300 g/mol. The Morgan fingerprint density at radius 3 is 2.79 bits per heavy atom. The lowest BCUT2D eigenvalue weighted by molar-refractivity contribution is 0.578. The summed E-state index contributed by atoms with van der Waals surface area (Å²) in [4.78, 5) is 10.9. The van der Waals surface area contributed by atoms with Gasteiger partial charge in [-0.25, -0.2) is 23.1 Å². The Kier molecular flexibility index (Phi) is 4.52. The number of aryl methyl sites for hydroxylation is 1. The molecule has 2 rings (SSSR count). The summed E-state index contributed by atoms with van der Waals surface area (Å²) in [5, 5.41) is 0.261. The molecule has 0 bridgehead atoms. The highest BCUT2D eigenvalue weighted by Gasteiger charge is 2.13. The highest BCUT2D eigenvalue weighted by Crippen LogP contribution is 2.10. The van der Waals surface area contributed by atoms with Gasteiger partial charge in [0.2, 0.25) is 10.0 Å². The van der Waals surface area contributed by atoms with Crippen LogP contribution in [0.25, 0.3) is 0 Å². The lowest BCUT2D eigenvalue weighted by Gasteiger charge is -2.05. The van der Waals surface area contributed by atoms with E-state index in [1.807, 2.05) is 0 Å². The summed E-state index contributed by atoms with van der Waals surface area (Å²) in [7, 11) is -3.52. The number of hydrogen-bond acceptors (Lipinski definition) is 4. The quantitative estimate of drug-likeness (QED) is 0.623. The SMILES string of the molecule is O=S(=O)(NCCCc1ncc[nH]1)c1ccc(Cl)nc1. The van der Waals surface area contributed by atoms with Crippen LogP contribution in [0.2, 0.25) is 5.15 Å². The number of imidazole rings is 1. The Bertz CT molecular complexity index is 611. The fourth-order valence-electron chi connectivity index (χ4n) is 1.50. The van der Waals surface area contributed by atoms with E-state index in [9.17, 15) is 8.42 Å². The molecule has 0 fully saturated rings. The molecule has 0 aliphatic rings. The van der Waals surface area contributed by atoms with Gasteiger partial charge in [0, 0.05) is 31.6 Å². The first-order chi connectivity index (χ1) is 9.08. The highest BCUT2D eigenvalue weighted by atomic mass is 35.5. The predicted molar refractivity (Wildman–Crippen MR) is 71.3 cm³/mol. The van der Waals surface area contributed by atoms with Crippen LogP contribution in [0, 0.1) is 0 Å². The third-order valence-electron chi connectivity index (χ3n) is 2.45. The van der Waals surface area contributed by atoms with Crippen LogP contribution in [-0.4, -0.2) is 29.9 Å². The topological polar surface area (TPSA) is 87.7 Å². The molecule has 102 valence electrons. The number of nitrogens with zero attached hydrogens (tertiary/aromatic N) is 2. The van der Waals surface area contributed by atoms with Gasteiger partial charge in [0.1, 0.15) is 15.9 Å². The fraction of sp³-hybridized carbons (Fsp3) is 0.273. The number of aromatic amines is 1. The molecule has 2 aromatic rings. The van der Waals surface area contributed by atoms with Crippen LogP contribution in [-0.2, 0) is 16.4 Å². The van der Waals surface area contributed by atoms with E-state index in [1.165, 1.54) is 18.3 Å². The summed E-state index contributed by atoms with van der Waals surface area (Å²) in [6.45, 7) is 0.339. The smallest absolute Gasteiger partial charge is 0.242 e. The maximum Gasteiger partial charge on any atom is 0.242 e. The minimum Gasteiger partial charge on any atom is -0.349 e. The van der Waals surface area contributed by atoms with E-state index in [2.05, 4.69) is 19.7 Å². The van der Waals surface area contributed by atoms with E-state index in [-0.39, 0.29) is 10.0 Å². The Morgan fingerprint density at radius 2 is 2.16 bits per heavy atom. The van der Waals surface area contributed by atoms with Crippen molar-refractivity contribution in [1.29, 1.82) is 0 Å². The van der Waals surface area contributed by atoms with Gasteiger partial charge in [0.25, 0.3) is 0 Å². The van der Waals surface area contributed by atoms with E-state index < -0.39 is 10.0 Å². The van der Waals surface area contributed by atoms with E-state index in [1.54, 1.807) is 12.4 Å². The lowest BCUT2D eigenvalue weighted by atomic mass is 10.3. The van der Waals surface area contributed by atoms with Gasteiger partial charge in [-0.15, -0.1) is 0 Å². The number of rotatable bonds is 6. The molecular formula is C11H13ClN4O2S. The second-order valence-electron chi connectivity index (χ2n) is 3.85. The van der Waals surface area contributed by atoms with Crippen molar-refractivity contribution in [3.05, 3.63) is 41.7 Å². The summed E-state index contributed by atoms with van der Waals surface area (Å²) in [5.74, 6) is 0.840. The molecule has 0 unspecified atom stereocenters. The maximum absolute atomic E-state index is 11.9. The van der Waals surface area contributed by atoms with Crippen molar-refractivity contribution in [2.75, 3.05) is 6.54 Å². The van der Waals surface area contributed by atoms with E-state index in [4.69, 9.17) is 11.6 Å². The highest BCUT2D eigenvalue weighted by molar-refractivity contribution is 7.89. The summed E-state index contributed by atoms with van der Waals surface area (Å²) >= 11 is 5.61. The normalized spacial score (nSPS) is 11.6. The number of sulfonamides is 1. The zero-order chi connectivity index (χ0) is 13.7. The molecule has 0 atom stereocenters. The second-order valence-corrected chi connectivity index (χ2v) is 6.01. The molecular weight excluding hydrogens is 288 g/mol.